The van der Waals surface area contributed by atoms with Crippen LogP contribution in [0.25, 0.3) is 0 Å². The van der Waals surface area contributed by atoms with E-state index in [2.05, 4.69) is 10.2 Å². The highest BCUT2D eigenvalue weighted by atomic mass is 19.4. The maximum atomic E-state index is 13.1. The fourth-order valence-electron chi connectivity index (χ4n) is 3.42. The number of anilines is 1. The number of rotatable bonds is 2. The molecule has 3 nitrogen and oxygen atoms in total. The summed E-state index contributed by atoms with van der Waals surface area (Å²) in [5.41, 5.74) is -0.639. The molecule has 0 radical (unpaired) electrons. The van der Waals surface area contributed by atoms with Crippen LogP contribution in [0.5, 0.6) is 0 Å². The van der Waals surface area contributed by atoms with Gasteiger partial charge in [-0.05, 0) is 44.0 Å². The van der Waals surface area contributed by atoms with Crippen LogP contribution in [-0.2, 0) is 6.18 Å². The van der Waals surface area contributed by atoms with Gasteiger partial charge in [0, 0.05) is 24.3 Å². The molecule has 2 unspecified atom stereocenters. The quantitative estimate of drug-likeness (QED) is 0.910. The Morgan fingerprint density at radius 3 is 2.76 bits per heavy atom. The van der Waals surface area contributed by atoms with Crippen LogP contribution < -0.4 is 5.32 Å². The molecule has 0 saturated carbocycles. The number of benzene rings is 1. The summed E-state index contributed by atoms with van der Waals surface area (Å²) in [5, 5.41) is 11.8. The number of alkyl halides is 3. The first-order valence-corrected chi connectivity index (χ1v) is 7.11. The molecule has 2 fully saturated rings. The van der Waals surface area contributed by atoms with Gasteiger partial charge in [-0.3, -0.25) is 4.90 Å². The second kappa shape index (κ2) is 5.23. The lowest BCUT2D eigenvalue weighted by atomic mass is 10.0. The molecule has 0 aromatic heterocycles. The fourth-order valence-corrected chi connectivity index (χ4v) is 3.42. The van der Waals surface area contributed by atoms with Gasteiger partial charge < -0.3 is 5.32 Å². The van der Waals surface area contributed by atoms with Crippen molar-refractivity contribution in [2.45, 2.75) is 37.5 Å². The summed E-state index contributed by atoms with van der Waals surface area (Å²) in [5.74, 6) is 0. The van der Waals surface area contributed by atoms with Gasteiger partial charge in [-0.2, -0.15) is 18.4 Å². The highest BCUT2D eigenvalue weighted by molar-refractivity contribution is 5.57. The van der Waals surface area contributed by atoms with Gasteiger partial charge in [0.2, 0.25) is 0 Å². The Bertz CT molecular complexity index is 577. The van der Waals surface area contributed by atoms with E-state index >= 15 is 0 Å². The van der Waals surface area contributed by atoms with Crippen LogP contribution in [-0.4, -0.2) is 30.1 Å². The molecule has 1 aromatic carbocycles. The van der Waals surface area contributed by atoms with Crippen LogP contribution in [0.4, 0.5) is 18.9 Å². The number of hydrogen-bond donors (Lipinski definition) is 1. The predicted molar refractivity (Wildman–Crippen MR) is 72.8 cm³/mol. The normalized spacial score (nSPS) is 25.6. The van der Waals surface area contributed by atoms with E-state index in [0.29, 0.717) is 6.04 Å². The molecule has 2 atom stereocenters. The van der Waals surface area contributed by atoms with Crippen LogP contribution in [0.15, 0.2) is 18.2 Å². The van der Waals surface area contributed by atoms with Crippen molar-refractivity contribution in [2.24, 2.45) is 0 Å². The fraction of sp³-hybridized carbons (Fsp3) is 0.533. The first-order chi connectivity index (χ1) is 9.99. The summed E-state index contributed by atoms with van der Waals surface area (Å²) in [4.78, 5) is 2.34. The third-order valence-electron chi connectivity index (χ3n) is 4.40. The minimum absolute atomic E-state index is 0.0294. The molecule has 1 N–H and O–H groups in total. The van der Waals surface area contributed by atoms with E-state index < -0.39 is 11.7 Å². The zero-order chi connectivity index (χ0) is 15.0. The standard InChI is InChI=1S/C15H16F3N3/c16-15(17,18)11-8-10(9-19)3-4-12(11)20-13-5-7-21-6-1-2-14(13)21/h3-4,8,13-14,20H,1-2,5-7H2. The topological polar surface area (TPSA) is 39.1 Å². The Morgan fingerprint density at radius 1 is 1.24 bits per heavy atom. The van der Waals surface area contributed by atoms with Crippen LogP contribution in [0.1, 0.15) is 30.4 Å². The number of hydrogen-bond acceptors (Lipinski definition) is 3. The van der Waals surface area contributed by atoms with Crippen molar-refractivity contribution in [3.05, 3.63) is 29.3 Å². The molecule has 0 aliphatic carbocycles. The van der Waals surface area contributed by atoms with E-state index in [0.717, 1.165) is 38.4 Å². The van der Waals surface area contributed by atoms with Gasteiger partial charge >= 0.3 is 6.18 Å². The summed E-state index contributed by atoms with van der Waals surface area (Å²) < 4.78 is 39.4. The number of halogens is 3. The summed E-state index contributed by atoms with van der Waals surface area (Å²) >= 11 is 0. The van der Waals surface area contributed by atoms with E-state index in [1.54, 1.807) is 6.07 Å². The molecule has 2 saturated heterocycles. The molecule has 112 valence electrons. The van der Waals surface area contributed by atoms with Crippen molar-refractivity contribution in [1.82, 2.24) is 4.90 Å². The van der Waals surface area contributed by atoms with Crippen LogP contribution in [0.2, 0.25) is 0 Å². The monoisotopic (exact) mass is 295 g/mol. The molecule has 2 heterocycles. The third kappa shape index (κ3) is 2.70. The van der Waals surface area contributed by atoms with Crippen molar-refractivity contribution in [1.29, 1.82) is 5.26 Å². The maximum absolute atomic E-state index is 13.1. The molecule has 2 aliphatic rings. The molecule has 1 aromatic rings. The summed E-state index contributed by atoms with van der Waals surface area (Å²) in [6, 6.07) is 5.88. The molecule has 0 amide bonds. The van der Waals surface area contributed by atoms with E-state index in [1.165, 1.54) is 12.1 Å². The van der Waals surface area contributed by atoms with Gasteiger partial charge in [-0.1, -0.05) is 0 Å². The van der Waals surface area contributed by atoms with Gasteiger partial charge in [0.05, 0.1) is 17.2 Å². The van der Waals surface area contributed by atoms with E-state index in [9.17, 15) is 13.2 Å². The summed E-state index contributed by atoms with van der Waals surface area (Å²) in [7, 11) is 0. The Kier molecular flexibility index (Phi) is 3.54. The van der Waals surface area contributed by atoms with Crippen molar-refractivity contribution in [3.8, 4) is 6.07 Å². The zero-order valence-corrected chi connectivity index (χ0v) is 11.5. The molecule has 0 bridgehead atoms. The van der Waals surface area contributed by atoms with E-state index in [4.69, 9.17) is 5.26 Å². The Morgan fingerprint density at radius 2 is 2.05 bits per heavy atom. The molecule has 21 heavy (non-hydrogen) atoms. The second-order valence-electron chi connectivity index (χ2n) is 5.65. The van der Waals surface area contributed by atoms with Gasteiger partial charge in [0.15, 0.2) is 0 Å². The van der Waals surface area contributed by atoms with Gasteiger partial charge in [-0.15, -0.1) is 0 Å². The lowest BCUT2D eigenvalue weighted by Crippen LogP contribution is -2.34. The molecular formula is C15H16F3N3. The van der Waals surface area contributed by atoms with Crippen molar-refractivity contribution < 1.29 is 13.2 Å². The lowest BCUT2D eigenvalue weighted by Gasteiger charge is -2.24. The highest BCUT2D eigenvalue weighted by Gasteiger charge is 2.39. The first kappa shape index (κ1) is 14.2. The summed E-state index contributed by atoms with van der Waals surface area (Å²) in [6.07, 6.45) is -1.44. The minimum Gasteiger partial charge on any atom is -0.380 e. The maximum Gasteiger partial charge on any atom is 0.418 e. The smallest absolute Gasteiger partial charge is 0.380 e. The number of nitrogens with zero attached hydrogens (tertiary/aromatic N) is 2. The molecule has 0 spiro atoms. The van der Waals surface area contributed by atoms with Gasteiger partial charge in [0.25, 0.3) is 0 Å². The summed E-state index contributed by atoms with van der Waals surface area (Å²) in [6.45, 7) is 1.99. The van der Waals surface area contributed by atoms with Crippen LogP contribution in [0, 0.1) is 11.3 Å². The first-order valence-electron chi connectivity index (χ1n) is 7.11. The minimum atomic E-state index is -4.46. The number of fused-ring (bicyclic) bond motifs is 1. The van der Waals surface area contributed by atoms with E-state index in [1.807, 2.05) is 0 Å². The second-order valence-corrected chi connectivity index (χ2v) is 5.65. The molecule has 3 rings (SSSR count). The Hall–Kier alpha value is -1.74. The average molecular weight is 295 g/mol. The largest absolute Gasteiger partial charge is 0.418 e. The van der Waals surface area contributed by atoms with Crippen LogP contribution >= 0.6 is 0 Å². The van der Waals surface area contributed by atoms with Crippen molar-refractivity contribution in [3.63, 3.8) is 0 Å². The molecule has 2 aliphatic heterocycles. The molecule has 6 heteroatoms. The van der Waals surface area contributed by atoms with Crippen molar-refractivity contribution >= 4 is 5.69 Å². The van der Waals surface area contributed by atoms with Crippen molar-refractivity contribution in [2.75, 3.05) is 18.4 Å². The van der Waals surface area contributed by atoms with Crippen LogP contribution in [0.3, 0.4) is 0 Å². The average Bonchev–Trinajstić information content (AvgIpc) is 3.03. The SMILES string of the molecule is N#Cc1ccc(NC2CCN3CCCC23)c(C(F)(F)F)c1. The predicted octanol–water partition coefficient (Wildman–Crippen LogP) is 3.23. The van der Waals surface area contributed by atoms with Gasteiger partial charge in [-0.25, -0.2) is 0 Å². The Labute approximate surface area is 121 Å². The van der Waals surface area contributed by atoms with E-state index in [-0.39, 0.29) is 17.3 Å². The highest BCUT2D eigenvalue weighted by Crippen LogP contribution is 2.37. The third-order valence-corrected chi connectivity index (χ3v) is 4.40. The Balaban J connectivity index is 1.87. The van der Waals surface area contributed by atoms with Gasteiger partial charge in [0.1, 0.15) is 0 Å². The molecular weight excluding hydrogens is 279 g/mol. The lowest BCUT2D eigenvalue weighted by molar-refractivity contribution is -0.137. The number of nitrogens with one attached hydrogen (secondary N) is 1. The number of nitriles is 1. The zero-order valence-electron chi connectivity index (χ0n) is 11.5.